The van der Waals surface area contributed by atoms with Gasteiger partial charge in [-0.25, -0.2) is 4.39 Å². The van der Waals surface area contributed by atoms with Crippen molar-refractivity contribution in [3.8, 4) is 11.5 Å². The minimum Gasteiger partial charge on any atom is -0.493 e. The Morgan fingerprint density at radius 1 is 1.28 bits per heavy atom. The fraction of sp³-hybridized carbons (Fsp3) is 0.188. The zero-order chi connectivity index (χ0) is 18.6. The molecule has 2 aromatic rings. The maximum absolute atomic E-state index is 13.0. The van der Waals surface area contributed by atoms with Crippen LogP contribution in [0, 0.1) is 15.9 Å². The molecule has 7 nitrogen and oxygen atoms in total. The highest BCUT2D eigenvalue weighted by molar-refractivity contribution is 6.33. The van der Waals surface area contributed by atoms with E-state index in [9.17, 15) is 19.3 Å². The highest BCUT2D eigenvalue weighted by Gasteiger charge is 2.20. The number of rotatable bonds is 6. The monoisotopic (exact) mass is 368 g/mol. The molecule has 0 aliphatic rings. The molecule has 0 saturated carbocycles. The second kappa shape index (κ2) is 7.80. The molecule has 1 atom stereocenters. The van der Waals surface area contributed by atoms with Gasteiger partial charge in [0.25, 0.3) is 11.6 Å². The number of benzene rings is 2. The zero-order valence-electron chi connectivity index (χ0n) is 13.3. The number of nitrogens with zero attached hydrogens (tertiary/aromatic N) is 1. The van der Waals surface area contributed by atoms with Crippen LogP contribution in [0.2, 0.25) is 5.02 Å². The number of amides is 1. The van der Waals surface area contributed by atoms with Crippen LogP contribution in [0.4, 0.5) is 15.8 Å². The lowest BCUT2D eigenvalue weighted by Gasteiger charge is -2.17. The lowest BCUT2D eigenvalue weighted by molar-refractivity contribution is -0.385. The first kappa shape index (κ1) is 18.5. The summed E-state index contributed by atoms with van der Waals surface area (Å²) < 4.78 is 23.6. The number of hydrogen-bond donors (Lipinski definition) is 1. The summed E-state index contributed by atoms with van der Waals surface area (Å²) in [7, 11) is 1.37. The molecule has 132 valence electrons. The Bertz CT molecular complexity index is 815. The van der Waals surface area contributed by atoms with Crippen LogP contribution >= 0.6 is 11.6 Å². The number of carbonyl (C=O) groups is 1. The standard InChI is InChI=1S/C16H14ClFN2O5/c1-9(16(21)19-13-5-3-10(18)7-12(13)17)25-15-8-11(20(22)23)4-6-14(15)24-2/h3-9H,1-2H3,(H,19,21)/t9-/m0/s1. The fourth-order valence-corrected chi connectivity index (χ4v) is 2.15. The molecular formula is C16H14ClFN2O5. The van der Waals surface area contributed by atoms with Gasteiger partial charge in [-0.3, -0.25) is 14.9 Å². The molecule has 0 fully saturated rings. The van der Waals surface area contributed by atoms with Gasteiger partial charge in [-0.1, -0.05) is 11.6 Å². The van der Waals surface area contributed by atoms with Crippen LogP contribution in [0.3, 0.4) is 0 Å². The number of methoxy groups -OCH3 is 1. The number of ether oxygens (including phenoxy) is 2. The molecule has 0 aromatic heterocycles. The van der Waals surface area contributed by atoms with Crippen molar-refractivity contribution >= 4 is 28.9 Å². The molecule has 0 bridgehead atoms. The molecule has 0 spiro atoms. The van der Waals surface area contributed by atoms with Crippen molar-refractivity contribution in [3.63, 3.8) is 0 Å². The fourth-order valence-electron chi connectivity index (χ4n) is 1.94. The third-order valence-electron chi connectivity index (χ3n) is 3.22. The average molecular weight is 369 g/mol. The van der Waals surface area contributed by atoms with Crippen molar-refractivity contribution in [2.24, 2.45) is 0 Å². The molecule has 9 heteroatoms. The Morgan fingerprint density at radius 2 is 2.00 bits per heavy atom. The Hall–Kier alpha value is -2.87. The number of nitro groups is 1. The largest absolute Gasteiger partial charge is 0.493 e. The molecule has 0 unspecified atom stereocenters. The summed E-state index contributed by atoms with van der Waals surface area (Å²) in [5.74, 6) is -0.815. The number of nitrogens with one attached hydrogen (secondary N) is 1. The van der Waals surface area contributed by atoms with Crippen LogP contribution in [0.15, 0.2) is 36.4 Å². The lowest BCUT2D eigenvalue weighted by atomic mass is 10.2. The number of anilines is 1. The molecule has 1 N–H and O–H groups in total. The first-order valence-corrected chi connectivity index (χ1v) is 7.44. The third kappa shape index (κ3) is 4.57. The summed E-state index contributed by atoms with van der Waals surface area (Å²) in [5, 5.41) is 13.4. The maximum atomic E-state index is 13.0. The predicted octanol–water partition coefficient (Wildman–Crippen LogP) is 3.80. The van der Waals surface area contributed by atoms with Crippen molar-refractivity contribution < 1.29 is 23.6 Å². The highest BCUT2D eigenvalue weighted by atomic mass is 35.5. The SMILES string of the molecule is COc1ccc([N+](=O)[O-])cc1O[C@@H](C)C(=O)Nc1ccc(F)cc1Cl. The molecule has 0 aliphatic heterocycles. The van der Waals surface area contributed by atoms with E-state index >= 15 is 0 Å². The van der Waals surface area contributed by atoms with Crippen molar-refractivity contribution in [2.45, 2.75) is 13.0 Å². The Kier molecular flexibility index (Phi) is 5.76. The van der Waals surface area contributed by atoms with E-state index in [1.165, 1.54) is 32.2 Å². The average Bonchev–Trinajstić information content (AvgIpc) is 2.57. The van der Waals surface area contributed by atoms with Gasteiger partial charge in [0, 0.05) is 6.07 Å². The van der Waals surface area contributed by atoms with Gasteiger partial charge in [-0.05, 0) is 31.2 Å². The molecule has 0 radical (unpaired) electrons. The van der Waals surface area contributed by atoms with Crippen molar-refractivity contribution in [1.29, 1.82) is 0 Å². The molecule has 0 aliphatic carbocycles. The minimum atomic E-state index is -1.02. The van der Waals surface area contributed by atoms with E-state index in [-0.39, 0.29) is 27.9 Å². The van der Waals surface area contributed by atoms with Gasteiger partial charge in [0.15, 0.2) is 17.6 Å². The van der Waals surface area contributed by atoms with E-state index in [0.29, 0.717) is 0 Å². The van der Waals surface area contributed by atoms with Crippen LogP contribution in [-0.2, 0) is 4.79 Å². The lowest BCUT2D eigenvalue weighted by Crippen LogP contribution is -2.30. The van der Waals surface area contributed by atoms with Crippen LogP contribution in [0.1, 0.15) is 6.92 Å². The topological polar surface area (TPSA) is 90.7 Å². The molecule has 2 aromatic carbocycles. The third-order valence-corrected chi connectivity index (χ3v) is 3.53. The molecule has 0 heterocycles. The predicted molar refractivity (Wildman–Crippen MR) is 89.8 cm³/mol. The van der Waals surface area contributed by atoms with E-state index in [1.807, 2.05) is 0 Å². The summed E-state index contributed by atoms with van der Waals surface area (Å²) in [6.45, 7) is 1.45. The van der Waals surface area contributed by atoms with Crippen LogP contribution < -0.4 is 14.8 Å². The van der Waals surface area contributed by atoms with Gasteiger partial charge >= 0.3 is 0 Å². The van der Waals surface area contributed by atoms with Gasteiger partial charge < -0.3 is 14.8 Å². The van der Waals surface area contributed by atoms with Crippen LogP contribution in [-0.4, -0.2) is 24.0 Å². The summed E-state index contributed by atoms with van der Waals surface area (Å²) in [6, 6.07) is 7.32. The molecule has 2 rings (SSSR count). The summed E-state index contributed by atoms with van der Waals surface area (Å²) in [6.07, 6.45) is -1.02. The van der Waals surface area contributed by atoms with Gasteiger partial charge in [-0.2, -0.15) is 0 Å². The van der Waals surface area contributed by atoms with Crippen LogP contribution in [0.25, 0.3) is 0 Å². The summed E-state index contributed by atoms with van der Waals surface area (Å²) in [5.41, 5.74) is 0.0134. The van der Waals surface area contributed by atoms with Crippen molar-refractivity contribution in [3.05, 3.63) is 57.4 Å². The zero-order valence-corrected chi connectivity index (χ0v) is 14.0. The quantitative estimate of drug-likeness (QED) is 0.618. The van der Waals surface area contributed by atoms with Gasteiger partial charge in [-0.15, -0.1) is 0 Å². The number of nitro benzene ring substituents is 1. The smallest absolute Gasteiger partial charge is 0.273 e. The Morgan fingerprint density at radius 3 is 2.60 bits per heavy atom. The number of hydrogen-bond acceptors (Lipinski definition) is 5. The second-order valence-corrected chi connectivity index (χ2v) is 5.37. The Labute approximate surface area is 147 Å². The number of halogens is 2. The van der Waals surface area contributed by atoms with E-state index in [4.69, 9.17) is 21.1 Å². The van der Waals surface area contributed by atoms with E-state index in [2.05, 4.69) is 5.32 Å². The highest BCUT2D eigenvalue weighted by Crippen LogP contribution is 2.32. The summed E-state index contributed by atoms with van der Waals surface area (Å²) in [4.78, 5) is 22.5. The van der Waals surface area contributed by atoms with Gasteiger partial charge in [0.1, 0.15) is 5.82 Å². The minimum absolute atomic E-state index is 0.0356. The summed E-state index contributed by atoms with van der Waals surface area (Å²) >= 11 is 5.85. The van der Waals surface area contributed by atoms with E-state index in [1.54, 1.807) is 0 Å². The molecule has 1 amide bonds. The maximum Gasteiger partial charge on any atom is 0.273 e. The second-order valence-electron chi connectivity index (χ2n) is 4.97. The van der Waals surface area contributed by atoms with Crippen molar-refractivity contribution in [1.82, 2.24) is 0 Å². The number of carbonyl (C=O) groups excluding carboxylic acids is 1. The van der Waals surface area contributed by atoms with Crippen molar-refractivity contribution in [2.75, 3.05) is 12.4 Å². The van der Waals surface area contributed by atoms with Gasteiger partial charge in [0.2, 0.25) is 0 Å². The normalized spacial score (nSPS) is 11.5. The van der Waals surface area contributed by atoms with Gasteiger partial charge in [0.05, 0.1) is 28.8 Å². The first-order chi connectivity index (χ1) is 11.8. The molecule has 25 heavy (non-hydrogen) atoms. The first-order valence-electron chi connectivity index (χ1n) is 7.07. The van der Waals surface area contributed by atoms with E-state index in [0.717, 1.165) is 18.2 Å². The molecular weight excluding hydrogens is 355 g/mol. The number of non-ortho nitro benzene ring substituents is 1. The Balaban J connectivity index is 2.15. The molecule has 0 saturated heterocycles. The van der Waals surface area contributed by atoms with Crippen LogP contribution in [0.5, 0.6) is 11.5 Å². The van der Waals surface area contributed by atoms with E-state index < -0.39 is 22.8 Å².